The molecule has 0 unspecified atom stereocenters. The molecule has 25 heavy (non-hydrogen) atoms. The molecule has 1 fully saturated rings. The molecule has 0 atom stereocenters. The fraction of sp³-hybridized carbons (Fsp3) is 0.875. The molecule has 0 aromatic carbocycles. The van der Waals surface area contributed by atoms with E-state index in [2.05, 4.69) is 15.6 Å². The molecule has 1 heterocycles. The van der Waals surface area contributed by atoms with Gasteiger partial charge in [-0.15, -0.1) is 0 Å². The van der Waals surface area contributed by atoms with Crippen LogP contribution < -0.4 is 10.6 Å². The van der Waals surface area contributed by atoms with Gasteiger partial charge in [-0.05, 0) is 39.8 Å². The van der Waals surface area contributed by atoms with E-state index in [0.717, 1.165) is 25.9 Å². The van der Waals surface area contributed by atoms with Crippen LogP contribution in [0.4, 0.5) is 13.2 Å². The molecule has 6 nitrogen and oxygen atoms in total. The number of hydrogen-bond acceptors (Lipinski definition) is 3. The van der Waals surface area contributed by atoms with E-state index < -0.39 is 12.7 Å². The van der Waals surface area contributed by atoms with E-state index in [0.29, 0.717) is 45.0 Å². The second kappa shape index (κ2) is 11.2. The molecule has 0 saturated carbocycles. The lowest BCUT2D eigenvalue weighted by molar-refractivity contribution is -0.143. The van der Waals surface area contributed by atoms with Crippen LogP contribution in [0.25, 0.3) is 0 Å². The molecule has 1 aliphatic heterocycles. The van der Waals surface area contributed by atoms with Gasteiger partial charge in [0.1, 0.15) is 0 Å². The summed E-state index contributed by atoms with van der Waals surface area (Å²) in [6.45, 7) is 4.86. The molecule has 1 amide bonds. The highest BCUT2D eigenvalue weighted by Gasteiger charge is 2.28. The van der Waals surface area contributed by atoms with Gasteiger partial charge in [-0.25, -0.2) is 0 Å². The summed E-state index contributed by atoms with van der Waals surface area (Å²) in [5.74, 6) is 0.880. The van der Waals surface area contributed by atoms with Gasteiger partial charge >= 0.3 is 6.18 Å². The van der Waals surface area contributed by atoms with Crippen LogP contribution in [0.3, 0.4) is 0 Å². The minimum atomic E-state index is -4.16. The van der Waals surface area contributed by atoms with Crippen molar-refractivity contribution in [2.24, 2.45) is 4.99 Å². The molecular weight excluding hydrogens is 335 g/mol. The minimum absolute atomic E-state index is 0.219. The third-order valence-corrected chi connectivity index (χ3v) is 3.83. The van der Waals surface area contributed by atoms with Crippen LogP contribution >= 0.6 is 0 Å². The van der Waals surface area contributed by atoms with E-state index in [1.54, 1.807) is 0 Å². The van der Waals surface area contributed by atoms with Gasteiger partial charge in [0, 0.05) is 39.1 Å². The van der Waals surface area contributed by atoms with E-state index in [1.807, 2.05) is 11.8 Å². The summed E-state index contributed by atoms with van der Waals surface area (Å²) in [6, 6.07) is 0. The Balaban J connectivity index is 2.20. The van der Waals surface area contributed by atoms with Crippen molar-refractivity contribution in [3.63, 3.8) is 0 Å². The first-order chi connectivity index (χ1) is 11.8. The van der Waals surface area contributed by atoms with Crippen molar-refractivity contribution >= 4 is 11.9 Å². The Morgan fingerprint density at radius 2 is 2.08 bits per heavy atom. The van der Waals surface area contributed by atoms with Crippen LogP contribution in [-0.4, -0.2) is 80.7 Å². The molecular formula is C16H30F3N5O. The number of alkyl halides is 3. The van der Waals surface area contributed by atoms with E-state index in [1.165, 1.54) is 11.9 Å². The summed E-state index contributed by atoms with van der Waals surface area (Å²) >= 11 is 0. The summed E-state index contributed by atoms with van der Waals surface area (Å²) in [4.78, 5) is 19.1. The highest BCUT2D eigenvalue weighted by Crippen LogP contribution is 2.15. The first-order valence-electron chi connectivity index (χ1n) is 8.87. The third-order valence-electron chi connectivity index (χ3n) is 3.83. The lowest BCUT2D eigenvalue weighted by atomic mass is 10.4. The van der Waals surface area contributed by atoms with Gasteiger partial charge in [-0.1, -0.05) is 0 Å². The molecule has 1 aliphatic rings. The number of aliphatic imine (C=N–C) groups is 1. The van der Waals surface area contributed by atoms with Crippen molar-refractivity contribution < 1.29 is 18.0 Å². The zero-order valence-corrected chi connectivity index (χ0v) is 15.2. The summed E-state index contributed by atoms with van der Waals surface area (Å²) in [5, 5.41) is 6.24. The van der Waals surface area contributed by atoms with Gasteiger partial charge < -0.3 is 15.5 Å². The number of carbonyl (C=O) groups is 1. The quantitative estimate of drug-likeness (QED) is 0.349. The molecule has 1 rings (SSSR count). The summed E-state index contributed by atoms with van der Waals surface area (Å²) < 4.78 is 36.7. The first kappa shape index (κ1) is 21.5. The second-order valence-corrected chi connectivity index (χ2v) is 6.23. The van der Waals surface area contributed by atoms with Gasteiger partial charge in [-0.3, -0.25) is 14.7 Å². The van der Waals surface area contributed by atoms with E-state index in [-0.39, 0.29) is 5.91 Å². The molecule has 1 saturated heterocycles. The Labute approximate surface area is 147 Å². The van der Waals surface area contributed by atoms with Crippen LogP contribution in [0.1, 0.15) is 32.6 Å². The van der Waals surface area contributed by atoms with Gasteiger partial charge in [0.2, 0.25) is 5.91 Å². The first-order valence-corrected chi connectivity index (χ1v) is 8.87. The van der Waals surface area contributed by atoms with E-state index in [9.17, 15) is 18.0 Å². The van der Waals surface area contributed by atoms with Gasteiger partial charge in [0.25, 0.3) is 0 Å². The molecule has 0 spiro atoms. The fourth-order valence-electron chi connectivity index (χ4n) is 2.68. The Hall–Kier alpha value is -1.51. The van der Waals surface area contributed by atoms with Crippen molar-refractivity contribution in [2.75, 3.05) is 52.9 Å². The SMILES string of the molecule is CCNC(=NCCCN1CCCC1=O)NCCCN(C)CC(F)(F)F. The molecule has 0 aliphatic carbocycles. The predicted molar refractivity (Wildman–Crippen MR) is 92.6 cm³/mol. The summed E-state index contributed by atoms with van der Waals surface area (Å²) in [5.41, 5.74) is 0. The van der Waals surface area contributed by atoms with Gasteiger partial charge in [-0.2, -0.15) is 13.2 Å². The maximum absolute atomic E-state index is 12.2. The number of hydrogen-bond donors (Lipinski definition) is 2. The number of guanidine groups is 1. The zero-order chi connectivity index (χ0) is 18.7. The second-order valence-electron chi connectivity index (χ2n) is 6.23. The number of likely N-dealkylation sites (tertiary alicyclic amines) is 1. The molecule has 0 bridgehead atoms. The molecule has 0 radical (unpaired) electrons. The number of rotatable bonds is 10. The summed E-state index contributed by atoms with van der Waals surface area (Å²) in [7, 11) is 1.46. The highest BCUT2D eigenvalue weighted by molar-refractivity contribution is 5.79. The minimum Gasteiger partial charge on any atom is -0.357 e. The molecule has 0 aromatic rings. The largest absolute Gasteiger partial charge is 0.401 e. The number of nitrogens with one attached hydrogen (secondary N) is 2. The predicted octanol–water partition coefficient (Wildman–Crippen LogP) is 1.44. The number of nitrogens with zero attached hydrogens (tertiary/aromatic N) is 3. The maximum Gasteiger partial charge on any atom is 0.401 e. The Morgan fingerprint density at radius 1 is 1.32 bits per heavy atom. The van der Waals surface area contributed by atoms with Crippen LogP contribution in [-0.2, 0) is 4.79 Å². The van der Waals surface area contributed by atoms with Crippen molar-refractivity contribution in [2.45, 2.75) is 38.8 Å². The lowest BCUT2D eigenvalue weighted by Crippen LogP contribution is -2.39. The molecule has 9 heteroatoms. The third kappa shape index (κ3) is 10.2. The van der Waals surface area contributed by atoms with Crippen LogP contribution in [0.2, 0.25) is 0 Å². The van der Waals surface area contributed by atoms with Crippen molar-refractivity contribution in [1.29, 1.82) is 0 Å². The Bertz CT molecular complexity index is 428. The van der Waals surface area contributed by atoms with Gasteiger partial charge in [0.15, 0.2) is 5.96 Å². The average molecular weight is 365 g/mol. The molecule has 0 aromatic heterocycles. The highest BCUT2D eigenvalue weighted by atomic mass is 19.4. The zero-order valence-electron chi connectivity index (χ0n) is 15.2. The number of amides is 1. The number of carbonyl (C=O) groups excluding carboxylic acids is 1. The van der Waals surface area contributed by atoms with Crippen LogP contribution in [0.15, 0.2) is 4.99 Å². The Kier molecular flexibility index (Phi) is 9.62. The summed E-state index contributed by atoms with van der Waals surface area (Å²) in [6.07, 6.45) is -1.17. The van der Waals surface area contributed by atoms with Crippen LogP contribution in [0, 0.1) is 0 Å². The molecule has 2 N–H and O–H groups in total. The fourth-order valence-corrected chi connectivity index (χ4v) is 2.68. The topological polar surface area (TPSA) is 60.0 Å². The van der Waals surface area contributed by atoms with Crippen molar-refractivity contribution in [3.8, 4) is 0 Å². The van der Waals surface area contributed by atoms with E-state index >= 15 is 0 Å². The lowest BCUT2D eigenvalue weighted by Gasteiger charge is -2.19. The maximum atomic E-state index is 12.2. The normalized spacial score (nSPS) is 16.0. The average Bonchev–Trinajstić information content (AvgIpc) is 2.91. The van der Waals surface area contributed by atoms with Gasteiger partial charge in [0.05, 0.1) is 6.54 Å². The smallest absolute Gasteiger partial charge is 0.357 e. The Morgan fingerprint density at radius 3 is 2.68 bits per heavy atom. The standard InChI is InChI=1S/C16H30F3N5O/c1-3-20-15(21-8-5-10-23(2)13-16(17,18)19)22-9-6-12-24-11-4-7-14(24)25/h3-13H2,1-2H3,(H2,20,21,22). The van der Waals surface area contributed by atoms with Crippen molar-refractivity contribution in [1.82, 2.24) is 20.4 Å². The van der Waals surface area contributed by atoms with E-state index in [4.69, 9.17) is 0 Å². The number of halogens is 3. The van der Waals surface area contributed by atoms with Crippen molar-refractivity contribution in [3.05, 3.63) is 0 Å². The van der Waals surface area contributed by atoms with Crippen LogP contribution in [0.5, 0.6) is 0 Å². The molecule has 146 valence electrons. The monoisotopic (exact) mass is 365 g/mol.